The Bertz CT molecular complexity index is 1170. The average Bonchev–Trinajstić information content (AvgIpc) is 3.24. The van der Waals surface area contributed by atoms with Crippen molar-refractivity contribution in [2.24, 2.45) is 0 Å². The molecule has 4 rings (SSSR count). The summed E-state index contributed by atoms with van der Waals surface area (Å²) in [7, 11) is 0. The van der Waals surface area contributed by atoms with Crippen molar-refractivity contribution in [1.29, 1.82) is 0 Å². The third kappa shape index (κ3) is 3.82. The van der Waals surface area contributed by atoms with Gasteiger partial charge in [0.2, 0.25) is 5.89 Å². The van der Waals surface area contributed by atoms with Gasteiger partial charge in [0.05, 0.1) is 11.4 Å². The number of aryl methyl sites for hydroxylation is 4. The minimum Gasteiger partial charge on any atom is -0.441 e. The van der Waals surface area contributed by atoms with Gasteiger partial charge in [0.1, 0.15) is 11.6 Å². The van der Waals surface area contributed by atoms with Gasteiger partial charge in [-0.05, 0) is 63.1 Å². The quantitative estimate of drug-likeness (QED) is 0.535. The molecule has 0 saturated carbocycles. The number of amides is 1. The second-order valence-electron chi connectivity index (χ2n) is 7.17. The highest BCUT2D eigenvalue weighted by atomic mass is 16.4. The number of carbonyl (C=O) groups is 1. The van der Waals surface area contributed by atoms with Crippen LogP contribution in [0.25, 0.3) is 17.1 Å². The Morgan fingerprint density at radius 1 is 0.966 bits per heavy atom. The minimum absolute atomic E-state index is 0.259. The molecule has 1 amide bonds. The second-order valence-corrected chi connectivity index (χ2v) is 7.17. The van der Waals surface area contributed by atoms with Gasteiger partial charge in [-0.3, -0.25) is 4.79 Å². The van der Waals surface area contributed by atoms with E-state index in [9.17, 15) is 4.79 Å². The summed E-state index contributed by atoms with van der Waals surface area (Å²) < 4.78 is 7.45. The number of hydrogen-bond acceptors (Lipinski definition) is 4. The van der Waals surface area contributed by atoms with Gasteiger partial charge in [-0.25, -0.2) is 9.67 Å². The molecule has 0 atom stereocenters. The lowest BCUT2D eigenvalue weighted by molar-refractivity contribution is 0.102. The number of aromatic nitrogens is 3. The number of rotatable bonds is 4. The Labute approximate surface area is 169 Å². The van der Waals surface area contributed by atoms with Crippen molar-refractivity contribution in [2.45, 2.75) is 27.7 Å². The first-order chi connectivity index (χ1) is 13.9. The molecule has 2 heterocycles. The lowest BCUT2D eigenvalue weighted by Gasteiger charge is -2.10. The minimum atomic E-state index is -0.334. The van der Waals surface area contributed by atoms with Crippen LogP contribution in [0.1, 0.15) is 33.1 Å². The van der Waals surface area contributed by atoms with Crippen molar-refractivity contribution in [1.82, 2.24) is 14.8 Å². The van der Waals surface area contributed by atoms with Gasteiger partial charge in [0, 0.05) is 11.6 Å². The van der Waals surface area contributed by atoms with E-state index in [-0.39, 0.29) is 11.6 Å². The lowest BCUT2D eigenvalue weighted by atomic mass is 10.1. The number of nitrogens with one attached hydrogen (secondary N) is 1. The van der Waals surface area contributed by atoms with Crippen molar-refractivity contribution in [3.8, 4) is 17.1 Å². The summed E-state index contributed by atoms with van der Waals surface area (Å²) in [4.78, 5) is 17.3. The van der Waals surface area contributed by atoms with Crippen molar-refractivity contribution < 1.29 is 9.21 Å². The molecule has 4 aromatic rings. The standard InChI is InChI=1S/C23H22N4O2/c1-14-10-15(2)12-19(11-14)27-20(13-16(3)26-27)24-22(28)21-17(4)29-23(25-21)18-8-6-5-7-9-18/h5-13H,1-4H3,(H,24,28). The fourth-order valence-corrected chi connectivity index (χ4v) is 3.35. The number of benzene rings is 2. The normalized spacial score (nSPS) is 10.9. The van der Waals surface area contributed by atoms with E-state index < -0.39 is 0 Å². The van der Waals surface area contributed by atoms with E-state index in [1.165, 1.54) is 0 Å². The van der Waals surface area contributed by atoms with Gasteiger partial charge >= 0.3 is 0 Å². The summed E-state index contributed by atoms with van der Waals surface area (Å²) in [6, 6.07) is 17.5. The van der Waals surface area contributed by atoms with Crippen LogP contribution >= 0.6 is 0 Å². The van der Waals surface area contributed by atoms with E-state index in [0.717, 1.165) is 28.1 Å². The van der Waals surface area contributed by atoms with Crippen LogP contribution in [0, 0.1) is 27.7 Å². The first-order valence-corrected chi connectivity index (χ1v) is 9.40. The molecule has 1 N–H and O–H groups in total. The van der Waals surface area contributed by atoms with Gasteiger partial charge in [0.15, 0.2) is 5.69 Å². The molecule has 0 aliphatic heterocycles. The largest absolute Gasteiger partial charge is 0.441 e. The van der Waals surface area contributed by atoms with Crippen LogP contribution in [-0.2, 0) is 0 Å². The van der Waals surface area contributed by atoms with Gasteiger partial charge in [-0.1, -0.05) is 24.3 Å². The third-order valence-corrected chi connectivity index (χ3v) is 4.56. The summed E-state index contributed by atoms with van der Waals surface area (Å²) in [5.74, 6) is 1.14. The van der Waals surface area contributed by atoms with E-state index in [2.05, 4.69) is 21.5 Å². The van der Waals surface area contributed by atoms with Crippen LogP contribution in [0.5, 0.6) is 0 Å². The molecular weight excluding hydrogens is 364 g/mol. The van der Waals surface area contributed by atoms with Gasteiger partial charge in [0.25, 0.3) is 5.91 Å². The number of carbonyl (C=O) groups excluding carboxylic acids is 1. The van der Waals surface area contributed by atoms with Crippen LogP contribution in [0.4, 0.5) is 5.82 Å². The van der Waals surface area contributed by atoms with Gasteiger partial charge in [-0.15, -0.1) is 0 Å². The Morgan fingerprint density at radius 2 is 1.66 bits per heavy atom. The fraction of sp³-hybridized carbons (Fsp3) is 0.174. The highest BCUT2D eigenvalue weighted by Gasteiger charge is 2.20. The molecular formula is C23H22N4O2. The zero-order chi connectivity index (χ0) is 20.5. The van der Waals surface area contributed by atoms with Gasteiger partial charge < -0.3 is 9.73 Å². The zero-order valence-electron chi connectivity index (χ0n) is 16.9. The second kappa shape index (κ2) is 7.39. The Morgan fingerprint density at radius 3 is 2.34 bits per heavy atom. The first kappa shape index (κ1) is 18.7. The van der Waals surface area contributed by atoms with Crippen LogP contribution in [0.15, 0.2) is 59.0 Å². The molecule has 0 saturated heterocycles. The van der Waals surface area contributed by atoms with Crippen LogP contribution in [0.2, 0.25) is 0 Å². The van der Waals surface area contributed by atoms with Crippen LogP contribution in [0.3, 0.4) is 0 Å². The first-order valence-electron chi connectivity index (χ1n) is 9.40. The summed E-state index contributed by atoms with van der Waals surface area (Å²) in [6.45, 7) is 7.70. The van der Waals surface area contributed by atoms with E-state index in [1.807, 2.05) is 69.3 Å². The molecule has 0 aliphatic carbocycles. The van der Waals surface area contributed by atoms with E-state index in [0.29, 0.717) is 17.5 Å². The molecule has 0 fully saturated rings. The summed E-state index contributed by atoms with van der Waals surface area (Å²) in [5, 5.41) is 7.47. The zero-order valence-corrected chi connectivity index (χ0v) is 16.9. The summed E-state index contributed by atoms with van der Waals surface area (Å²) >= 11 is 0. The molecule has 146 valence electrons. The third-order valence-electron chi connectivity index (χ3n) is 4.56. The smallest absolute Gasteiger partial charge is 0.279 e. The Kier molecular flexibility index (Phi) is 4.76. The highest BCUT2D eigenvalue weighted by molar-refractivity contribution is 6.03. The Hall–Kier alpha value is -3.67. The molecule has 29 heavy (non-hydrogen) atoms. The molecule has 2 aromatic carbocycles. The molecule has 2 aromatic heterocycles. The van der Waals surface area contributed by atoms with Crippen molar-refractivity contribution in [2.75, 3.05) is 5.32 Å². The topological polar surface area (TPSA) is 73.0 Å². The van der Waals surface area contributed by atoms with Gasteiger partial charge in [-0.2, -0.15) is 5.10 Å². The van der Waals surface area contributed by atoms with Crippen LogP contribution in [-0.4, -0.2) is 20.7 Å². The molecule has 0 aliphatic rings. The van der Waals surface area contributed by atoms with Crippen molar-refractivity contribution in [3.05, 3.63) is 82.9 Å². The van der Waals surface area contributed by atoms with Crippen molar-refractivity contribution >= 4 is 11.7 Å². The SMILES string of the molecule is Cc1cc(C)cc(-n2nc(C)cc2NC(=O)c2nc(-c3ccccc3)oc2C)c1. The molecule has 6 nitrogen and oxygen atoms in total. The number of nitrogens with zero attached hydrogens (tertiary/aromatic N) is 3. The monoisotopic (exact) mass is 386 g/mol. The number of oxazole rings is 1. The fourth-order valence-electron chi connectivity index (χ4n) is 3.35. The van der Waals surface area contributed by atoms with E-state index in [4.69, 9.17) is 4.42 Å². The number of hydrogen-bond donors (Lipinski definition) is 1. The molecule has 0 radical (unpaired) electrons. The van der Waals surface area contributed by atoms with Crippen LogP contribution < -0.4 is 5.32 Å². The number of anilines is 1. The summed E-state index contributed by atoms with van der Waals surface area (Å²) in [5.41, 5.74) is 5.05. The van der Waals surface area contributed by atoms with Crippen molar-refractivity contribution in [3.63, 3.8) is 0 Å². The molecule has 0 unspecified atom stereocenters. The molecule has 6 heteroatoms. The summed E-state index contributed by atoms with van der Waals surface area (Å²) in [6.07, 6.45) is 0. The maximum Gasteiger partial charge on any atom is 0.279 e. The van der Waals surface area contributed by atoms with E-state index >= 15 is 0 Å². The maximum absolute atomic E-state index is 12.9. The van der Waals surface area contributed by atoms with E-state index in [1.54, 1.807) is 11.6 Å². The lowest BCUT2D eigenvalue weighted by Crippen LogP contribution is -2.16. The molecule has 0 spiro atoms. The maximum atomic E-state index is 12.9. The average molecular weight is 386 g/mol. The Balaban J connectivity index is 1.66. The highest BCUT2D eigenvalue weighted by Crippen LogP contribution is 2.24. The predicted octanol–water partition coefficient (Wildman–Crippen LogP) is 5.01. The predicted molar refractivity (Wildman–Crippen MR) is 112 cm³/mol. The molecule has 0 bridgehead atoms.